The molecule has 5 heteroatoms. The number of hydrogen-bond donors (Lipinski definition) is 1. The smallest absolute Gasteiger partial charge is 0.133 e. The Morgan fingerprint density at radius 3 is 2.57 bits per heavy atom. The molecule has 3 aromatic carbocycles. The number of ether oxygens (including phenoxy) is 1. The molecule has 0 aromatic heterocycles. The number of methoxy groups -OCH3 is 1. The van der Waals surface area contributed by atoms with Gasteiger partial charge >= 0.3 is 0 Å². The van der Waals surface area contributed by atoms with Crippen LogP contribution in [-0.2, 0) is 0 Å². The molecule has 1 aliphatic rings. The molecule has 1 atom stereocenters. The predicted octanol–water partition coefficient (Wildman–Crippen LogP) is 5.83. The van der Waals surface area contributed by atoms with Gasteiger partial charge in [-0.15, -0.1) is 0 Å². The number of hydrazone groups is 1. The molecule has 1 heterocycles. The molecular weight excluding hydrogens is 416 g/mol. The molecule has 4 nitrogen and oxygen atoms in total. The lowest BCUT2D eigenvalue weighted by Crippen LogP contribution is -2.18. The van der Waals surface area contributed by atoms with Crippen LogP contribution in [0, 0.1) is 6.92 Å². The third-order valence-corrected chi connectivity index (χ3v) is 5.57. The van der Waals surface area contributed by atoms with E-state index in [4.69, 9.17) is 9.84 Å². The average molecular weight is 437 g/mol. The second kappa shape index (κ2) is 7.68. The molecule has 0 bridgehead atoms. The number of halogens is 1. The molecule has 1 unspecified atom stereocenters. The topological polar surface area (TPSA) is 45.1 Å². The summed E-state index contributed by atoms with van der Waals surface area (Å²) in [7, 11) is 1.66. The Morgan fingerprint density at radius 1 is 1.07 bits per heavy atom. The van der Waals surface area contributed by atoms with Gasteiger partial charge in [-0.3, -0.25) is 5.01 Å². The van der Waals surface area contributed by atoms with E-state index in [1.54, 1.807) is 13.2 Å². The molecule has 4 rings (SSSR count). The minimum Gasteiger partial charge on any atom is -0.507 e. The summed E-state index contributed by atoms with van der Waals surface area (Å²) in [5, 5.41) is 17.3. The van der Waals surface area contributed by atoms with Gasteiger partial charge in [0.05, 0.1) is 29.0 Å². The number of hydrogen-bond acceptors (Lipinski definition) is 4. The van der Waals surface area contributed by atoms with Crippen molar-refractivity contribution in [3.05, 3.63) is 87.9 Å². The van der Waals surface area contributed by atoms with E-state index in [0.29, 0.717) is 6.42 Å². The first-order valence-electron chi connectivity index (χ1n) is 9.12. The van der Waals surface area contributed by atoms with E-state index in [1.165, 1.54) is 0 Å². The van der Waals surface area contributed by atoms with Gasteiger partial charge in [-0.2, -0.15) is 5.10 Å². The first-order chi connectivity index (χ1) is 13.6. The van der Waals surface area contributed by atoms with Crippen molar-refractivity contribution in [1.82, 2.24) is 0 Å². The van der Waals surface area contributed by atoms with E-state index < -0.39 is 0 Å². The first kappa shape index (κ1) is 18.6. The minimum atomic E-state index is 0.0273. The van der Waals surface area contributed by atoms with Gasteiger partial charge in [-0.05, 0) is 64.8 Å². The molecule has 0 fully saturated rings. The number of aryl methyl sites for hydroxylation is 1. The normalized spacial score (nSPS) is 16.2. The van der Waals surface area contributed by atoms with Crippen LogP contribution in [0.25, 0.3) is 0 Å². The van der Waals surface area contributed by atoms with Gasteiger partial charge in [0.15, 0.2) is 0 Å². The highest BCUT2D eigenvalue weighted by molar-refractivity contribution is 9.10. The Labute approximate surface area is 173 Å². The Kier molecular flexibility index (Phi) is 5.09. The third-order valence-electron chi connectivity index (χ3n) is 4.95. The number of benzene rings is 3. The van der Waals surface area contributed by atoms with E-state index in [-0.39, 0.29) is 11.8 Å². The van der Waals surface area contributed by atoms with Gasteiger partial charge in [-0.1, -0.05) is 35.9 Å². The van der Waals surface area contributed by atoms with Crippen LogP contribution in [0.15, 0.2) is 76.3 Å². The van der Waals surface area contributed by atoms with Gasteiger partial charge in [0.1, 0.15) is 11.5 Å². The number of rotatable bonds is 4. The van der Waals surface area contributed by atoms with Crippen LogP contribution in [0.2, 0.25) is 0 Å². The van der Waals surface area contributed by atoms with E-state index in [0.717, 1.165) is 38.3 Å². The number of aromatic hydroxyl groups is 1. The molecule has 0 spiro atoms. The second-order valence-corrected chi connectivity index (χ2v) is 7.72. The minimum absolute atomic E-state index is 0.0273. The SMILES string of the molecule is COc1ccc(C2CC(c3cc(C)ccc3O)=NN2c2ccccc2)cc1Br. The molecule has 0 amide bonds. The molecule has 1 N–H and O–H groups in total. The summed E-state index contributed by atoms with van der Waals surface area (Å²) in [6.45, 7) is 2.02. The fourth-order valence-corrected chi connectivity index (χ4v) is 4.08. The highest BCUT2D eigenvalue weighted by Gasteiger charge is 2.31. The van der Waals surface area contributed by atoms with Crippen molar-refractivity contribution >= 4 is 27.3 Å². The maximum atomic E-state index is 10.4. The molecule has 0 radical (unpaired) electrons. The van der Waals surface area contributed by atoms with Gasteiger partial charge in [0, 0.05) is 12.0 Å². The second-order valence-electron chi connectivity index (χ2n) is 6.86. The molecule has 3 aromatic rings. The van der Waals surface area contributed by atoms with Crippen molar-refractivity contribution in [2.45, 2.75) is 19.4 Å². The van der Waals surface area contributed by atoms with Crippen LogP contribution >= 0.6 is 15.9 Å². The summed E-state index contributed by atoms with van der Waals surface area (Å²) in [5.41, 5.74) is 4.90. The van der Waals surface area contributed by atoms with Crippen molar-refractivity contribution in [3.8, 4) is 11.5 Å². The van der Waals surface area contributed by atoms with E-state index in [9.17, 15) is 5.11 Å². The summed E-state index contributed by atoms with van der Waals surface area (Å²) >= 11 is 3.59. The Hall–Kier alpha value is -2.79. The number of nitrogens with zero attached hydrogens (tertiary/aromatic N) is 2. The Morgan fingerprint density at radius 2 is 1.86 bits per heavy atom. The number of anilines is 1. The van der Waals surface area contributed by atoms with Crippen molar-refractivity contribution in [3.63, 3.8) is 0 Å². The summed E-state index contributed by atoms with van der Waals surface area (Å²) in [6.07, 6.45) is 0.699. The summed E-state index contributed by atoms with van der Waals surface area (Å²) in [6, 6.07) is 21.9. The lowest BCUT2D eigenvalue weighted by atomic mass is 9.97. The van der Waals surface area contributed by atoms with Crippen LogP contribution in [0.5, 0.6) is 11.5 Å². The molecule has 142 valence electrons. The van der Waals surface area contributed by atoms with Gasteiger partial charge in [0.2, 0.25) is 0 Å². The highest BCUT2D eigenvalue weighted by atomic mass is 79.9. The third kappa shape index (κ3) is 3.50. The van der Waals surface area contributed by atoms with Crippen LogP contribution < -0.4 is 9.75 Å². The fourth-order valence-electron chi connectivity index (χ4n) is 3.52. The molecule has 0 saturated carbocycles. The zero-order valence-corrected chi connectivity index (χ0v) is 17.3. The zero-order valence-electron chi connectivity index (χ0n) is 15.8. The Bertz CT molecular complexity index is 1030. The largest absolute Gasteiger partial charge is 0.507 e. The quantitative estimate of drug-likeness (QED) is 0.559. The molecule has 1 aliphatic heterocycles. The fraction of sp³-hybridized carbons (Fsp3) is 0.174. The van der Waals surface area contributed by atoms with E-state index >= 15 is 0 Å². The van der Waals surface area contributed by atoms with Crippen molar-refractivity contribution in [1.29, 1.82) is 0 Å². The summed E-state index contributed by atoms with van der Waals surface area (Å²) in [4.78, 5) is 0. The molecular formula is C23H21BrN2O2. The van der Waals surface area contributed by atoms with E-state index in [1.807, 2.05) is 60.5 Å². The summed E-state index contributed by atoms with van der Waals surface area (Å²) in [5.74, 6) is 1.06. The average Bonchev–Trinajstić information content (AvgIpc) is 3.15. The number of para-hydroxylation sites is 1. The van der Waals surface area contributed by atoms with Crippen LogP contribution in [0.3, 0.4) is 0 Å². The van der Waals surface area contributed by atoms with Crippen LogP contribution in [0.4, 0.5) is 5.69 Å². The Balaban J connectivity index is 1.78. The lowest BCUT2D eigenvalue weighted by Gasteiger charge is -2.24. The van der Waals surface area contributed by atoms with Gasteiger partial charge in [-0.25, -0.2) is 0 Å². The molecule has 28 heavy (non-hydrogen) atoms. The first-order valence-corrected chi connectivity index (χ1v) is 9.91. The van der Waals surface area contributed by atoms with Crippen molar-refractivity contribution in [2.75, 3.05) is 12.1 Å². The van der Waals surface area contributed by atoms with Crippen molar-refractivity contribution < 1.29 is 9.84 Å². The van der Waals surface area contributed by atoms with Crippen LogP contribution in [-0.4, -0.2) is 17.9 Å². The monoisotopic (exact) mass is 436 g/mol. The maximum absolute atomic E-state index is 10.4. The zero-order chi connectivity index (χ0) is 19.7. The number of phenolic OH excluding ortho intramolecular Hbond substituents is 1. The molecule has 0 aliphatic carbocycles. The van der Waals surface area contributed by atoms with Gasteiger partial charge in [0.25, 0.3) is 0 Å². The van der Waals surface area contributed by atoms with E-state index in [2.05, 4.69) is 28.1 Å². The lowest BCUT2D eigenvalue weighted by molar-refractivity contribution is 0.412. The molecule has 0 saturated heterocycles. The predicted molar refractivity (Wildman–Crippen MR) is 116 cm³/mol. The van der Waals surface area contributed by atoms with Crippen molar-refractivity contribution in [2.24, 2.45) is 5.10 Å². The maximum Gasteiger partial charge on any atom is 0.133 e. The highest BCUT2D eigenvalue weighted by Crippen LogP contribution is 2.40. The number of phenols is 1. The standard InChI is InChI=1S/C23H21BrN2O2/c1-15-8-10-22(27)18(12-15)20-14-21(16-9-11-23(28-2)19(24)13-16)26(25-20)17-6-4-3-5-7-17/h3-13,21,27H,14H2,1-2H3. The summed E-state index contributed by atoms with van der Waals surface area (Å²) < 4.78 is 6.28. The van der Waals surface area contributed by atoms with Crippen LogP contribution in [0.1, 0.15) is 29.2 Å². The van der Waals surface area contributed by atoms with Gasteiger partial charge < -0.3 is 9.84 Å².